The molecule has 0 saturated carbocycles. The summed E-state index contributed by atoms with van der Waals surface area (Å²) in [4.78, 5) is 12.1. The van der Waals surface area contributed by atoms with Gasteiger partial charge in [-0.3, -0.25) is 4.79 Å². The van der Waals surface area contributed by atoms with Gasteiger partial charge >= 0.3 is 0 Å². The molecule has 2 rings (SSSR count). The quantitative estimate of drug-likeness (QED) is 0.746. The van der Waals surface area contributed by atoms with Crippen molar-refractivity contribution in [3.8, 4) is 0 Å². The first-order chi connectivity index (χ1) is 8.49. The molecule has 18 heavy (non-hydrogen) atoms. The summed E-state index contributed by atoms with van der Waals surface area (Å²) in [7, 11) is 0. The Bertz CT molecular complexity index is 570. The maximum Gasteiger partial charge on any atom is 0.196 e. The van der Waals surface area contributed by atoms with Gasteiger partial charge < -0.3 is 0 Å². The van der Waals surface area contributed by atoms with Crippen molar-refractivity contribution in [1.82, 2.24) is 0 Å². The monoisotopic (exact) mass is 266 g/mol. The molecule has 92 valence electrons. The molecular weight excluding hydrogens is 258 g/mol. The zero-order valence-corrected chi connectivity index (χ0v) is 10.3. The SMILES string of the molecule is Cc1cc(F)ccc1C(=O)c1ccc(Cl)cc1F. The number of carbonyl (C=O) groups excluding carboxylic acids is 1. The maximum atomic E-state index is 13.6. The lowest BCUT2D eigenvalue weighted by molar-refractivity contribution is 0.103. The molecule has 0 N–H and O–H groups in total. The molecule has 2 aromatic rings. The van der Waals surface area contributed by atoms with Crippen molar-refractivity contribution < 1.29 is 13.6 Å². The van der Waals surface area contributed by atoms with Crippen LogP contribution in [0.15, 0.2) is 36.4 Å². The molecule has 0 heterocycles. The van der Waals surface area contributed by atoms with E-state index in [1.165, 1.54) is 30.3 Å². The summed E-state index contributed by atoms with van der Waals surface area (Å²) in [5.41, 5.74) is 0.668. The average Bonchev–Trinajstić information content (AvgIpc) is 2.28. The number of carbonyl (C=O) groups is 1. The van der Waals surface area contributed by atoms with Crippen LogP contribution in [0, 0.1) is 18.6 Å². The van der Waals surface area contributed by atoms with Crippen LogP contribution in [0.4, 0.5) is 8.78 Å². The number of benzene rings is 2. The Morgan fingerprint density at radius 1 is 1.06 bits per heavy atom. The summed E-state index contributed by atoms with van der Waals surface area (Å²) in [6.07, 6.45) is 0. The maximum absolute atomic E-state index is 13.6. The molecule has 0 atom stereocenters. The van der Waals surface area contributed by atoms with Crippen molar-refractivity contribution in [2.45, 2.75) is 6.92 Å². The minimum Gasteiger partial charge on any atom is -0.288 e. The van der Waals surface area contributed by atoms with E-state index in [-0.39, 0.29) is 16.1 Å². The van der Waals surface area contributed by atoms with Crippen LogP contribution >= 0.6 is 11.6 Å². The van der Waals surface area contributed by atoms with Crippen LogP contribution in [-0.2, 0) is 0 Å². The third kappa shape index (κ3) is 2.41. The van der Waals surface area contributed by atoms with Gasteiger partial charge in [0.2, 0.25) is 0 Å². The van der Waals surface area contributed by atoms with Crippen LogP contribution in [0.1, 0.15) is 21.5 Å². The Morgan fingerprint density at radius 2 is 1.72 bits per heavy atom. The molecular formula is C14H9ClF2O. The third-order valence-corrected chi connectivity index (χ3v) is 2.84. The summed E-state index contributed by atoms with van der Waals surface area (Å²) in [6.45, 7) is 1.60. The zero-order valence-electron chi connectivity index (χ0n) is 9.51. The van der Waals surface area contributed by atoms with Gasteiger partial charge in [0.1, 0.15) is 11.6 Å². The fourth-order valence-electron chi connectivity index (χ4n) is 1.70. The molecule has 1 nitrogen and oxygen atoms in total. The summed E-state index contributed by atoms with van der Waals surface area (Å²) >= 11 is 5.62. The standard InChI is InChI=1S/C14H9ClF2O/c1-8-6-10(16)3-5-11(8)14(18)12-4-2-9(15)7-13(12)17/h2-7H,1H3. The molecule has 0 spiro atoms. The van der Waals surface area contributed by atoms with Crippen LogP contribution in [0.3, 0.4) is 0 Å². The molecule has 0 amide bonds. The topological polar surface area (TPSA) is 17.1 Å². The van der Waals surface area contributed by atoms with Gasteiger partial charge in [-0.2, -0.15) is 0 Å². The second-order valence-electron chi connectivity index (χ2n) is 3.91. The van der Waals surface area contributed by atoms with Gasteiger partial charge in [-0.05, 0) is 48.9 Å². The highest BCUT2D eigenvalue weighted by atomic mass is 35.5. The van der Waals surface area contributed by atoms with Gasteiger partial charge in [-0.25, -0.2) is 8.78 Å². The Labute approximate surface area is 108 Å². The molecule has 0 aliphatic heterocycles. The van der Waals surface area contributed by atoms with Crippen molar-refractivity contribution >= 4 is 17.4 Å². The zero-order chi connectivity index (χ0) is 13.3. The first-order valence-corrected chi connectivity index (χ1v) is 5.63. The number of aryl methyl sites for hydroxylation is 1. The predicted molar refractivity (Wildman–Crippen MR) is 66.0 cm³/mol. The third-order valence-electron chi connectivity index (χ3n) is 2.61. The summed E-state index contributed by atoms with van der Waals surface area (Å²) in [5.74, 6) is -1.60. The van der Waals surface area contributed by atoms with Crippen LogP contribution in [-0.4, -0.2) is 5.78 Å². The minimum absolute atomic E-state index is 0.0749. The number of hydrogen-bond acceptors (Lipinski definition) is 1. The first kappa shape index (κ1) is 12.7. The van der Waals surface area contributed by atoms with E-state index in [0.29, 0.717) is 5.56 Å². The number of hydrogen-bond donors (Lipinski definition) is 0. The fraction of sp³-hybridized carbons (Fsp3) is 0.0714. The minimum atomic E-state index is -0.684. The van der Waals surface area contributed by atoms with Crippen LogP contribution < -0.4 is 0 Å². The second kappa shape index (κ2) is 4.86. The highest BCUT2D eigenvalue weighted by Gasteiger charge is 2.16. The van der Waals surface area contributed by atoms with Gasteiger partial charge in [0.05, 0.1) is 5.56 Å². The largest absolute Gasteiger partial charge is 0.288 e. The molecule has 0 radical (unpaired) electrons. The van der Waals surface area contributed by atoms with E-state index < -0.39 is 17.4 Å². The van der Waals surface area contributed by atoms with Crippen molar-refractivity contribution in [2.75, 3.05) is 0 Å². The van der Waals surface area contributed by atoms with Crippen LogP contribution in [0.5, 0.6) is 0 Å². The molecule has 0 aliphatic rings. The Balaban J connectivity index is 2.48. The Morgan fingerprint density at radius 3 is 2.33 bits per heavy atom. The summed E-state index contributed by atoms with van der Waals surface area (Å²) < 4.78 is 26.6. The summed E-state index contributed by atoms with van der Waals surface area (Å²) in [6, 6.07) is 7.60. The van der Waals surface area contributed by atoms with Crippen molar-refractivity contribution in [3.05, 3.63) is 69.7 Å². The lowest BCUT2D eigenvalue weighted by Gasteiger charge is -2.06. The second-order valence-corrected chi connectivity index (χ2v) is 4.35. The highest BCUT2D eigenvalue weighted by molar-refractivity contribution is 6.30. The van der Waals surface area contributed by atoms with Crippen LogP contribution in [0.2, 0.25) is 5.02 Å². The van der Waals surface area contributed by atoms with E-state index in [1.54, 1.807) is 6.92 Å². The van der Waals surface area contributed by atoms with Gasteiger partial charge in [-0.15, -0.1) is 0 Å². The lowest BCUT2D eigenvalue weighted by atomic mass is 9.99. The van der Waals surface area contributed by atoms with Crippen molar-refractivity contribution in [3.63, 3.8) is 0 Å². The molecule has 4 heteroatoms. The molecule has 2 aromatic carbocycles. The predicted octanol–water partition coefficient (Wildman–Crippen LogP) is 4.16. The smallest absolute Gasteiger partial charge is 0.196 e. The fourth-order valence-corrected chi connectivity index (χ4v) is 1.86. The van der Waals surface area contributed by atoms with E-state index >= 15 is 0 Å². The van der Waals surface area contributed by atoms with Crippen LogP contribution in [0.25, 0.3) is 0 Å². The van der Waals surface area contributed by atoms with Gasteiger partial charge in [0.25, 0.3) is 0 Å². The lowest BCUT2D eigenvalue weighted by Crippen LogP contribution is -2.06. The Kier molecular flexibility index (Phi) is 3.43. The van der Waals surface area contributed by atoms with Crippen molar-refractivity contribution in [2.24, 2.45) is 0 Å². The Hall–Kier alpha value is -1.74. The summed E-state index contributed by atoms with van der Waals surface area (Å²) in [5, 5.41) is 0.222. The molecule has 0 unspecified atom stereocenters. The van der Waals surface area contributed by atoms with Gasteiger partial charge in [0, 0.05) is 10.6 Å². The normalized spacial score (nSPS) is 10.4. The molecule has 0 bridgehead atoms. The van der Waals surface area contributed by atoms with E-state index in [4.69, 9.17) is 11.6 Å². The van der Waals surface area contributed by atoms with E-state index in [1.807, 2.05) is 0 Å². The van der Waals surface area contributed by atoms with E-state index in [2.05, 4.69) is 0 Å². The van der Waals surface area contributed by atoms with Gasteiger partial charge in [-0.1, -0.05) is 11.6 Å². The number of ketones is 1. The van der Waals surface area contributed by atoms with Crippen molar-refractivity contribution in [1.29, 1.82) is 0 Å². The highest BCUT2D eigenvalue weighted by Crippen LogP contribution is 2.20. The number of halogens is 3. The molecule has 0 aliphatic carbocycles. The van der Waals surface area contributed by atoms with Gasteiger partial charge in [0.15, 0.2) is 5.78 Å². The first-order valence-electron chi connectivity index (χ1n) is 5.25. The van der Waals surface area contributed by atoms with E-state index in [0.717, 1.165) is 6.07 Å². The molecule has 0 aromatic heterocycles. The molecule has 0 fully saturated rings. The average molecular weight is 267 g/mol. The number of rotatable bonds is 2. The molecule has 0 saturated heterocycles. The van der Waals surface area contributed by atoms with E-state index in [9.17, 15) is 13.6 Å².